The molecule has 5 heteroatoms. The van der Waals surface area contributed by atoms with Crippen LogP contribution in [0.15, 0.2) is 22.3 Å². The summed E-state index contributed by atoms with van der Waals surface area (Å²) in [6, 6.07) is 4.00. The van der Waals surface area contributed by atoms with Crippen molar-refractivity contribution in [3.05, 3.63) is 33.6 Å². The summed E-state index contributed by atoms with van der Waals surface area (Å²) < 4.78 is 1.81. The number of aryl methyl sites for hydroxylation is 1. The van der Waals surface area contributed by atoms with Crippen molar-refractivity contribution in [3.8, 4) is 11.3 Å². The average molecular weight is 291 g/mol. The zero-order valence-corrected chi connectivity index (χ0v) is 13.3. The van der Waals surface area contributed by atoms with Gasteiger partial charge in [0.05, 0.1) is 11.3 Å². The van der Waals surface area contributed by atoms with Crippen LogP contribution in [-0.2, 0) is 0 Å². The third-order valence-electron chi connectivity index (χ3n) is 3.14. The Morgan fingerprint density at radius 3 is 2.80 bits per heavy atom. The monoisotopic (exact) mass is 291 g/mol. The molecule has 0 radical (unpaired) electrons. The van der Waals surface area contributed by atoms with E-state index in [0.717, 1.165) is 29.5 Å². The number of rotatable bonds is 5. The van der Waals surface area contributed by atoms with E-state index in [1.807, 2.05) is 42.9 Å². The van der Waals surface area contributed by atoms with E-state index in [2.05, 4.69) is 17.2 Å². The molecular weight excluding hydrogens is 270 g/mol. The van der Waals surface area contributed by atoms with Crippen LogP contribution in [0.4, 0.5) is 5.13 Å². The number of pyridine rings is 1. The lowest BCUT2D eigenvalue weighted by Gasteiger charge is -2.14. The molecule has 108 valence electrons. The van der Waals surface area contributed by atoms with Gasteiger partial charge < -0.3 is 9.88 Å². The van der Waals surface area contributed by atoms with Crippen LogP contribution in [-0.4, -0.2) is 16.1 Å². The second-order valence-corrected chi connectivity index (χ2v) is 5.98. The Kier molecular flexibility index (Phi) is 4.60. The molecule has 2 heterocycles. The number of hydrogen-bond acceptors (Lipinski definition) is 4. The fraction of sp³-hybridized carbons (Fsp3) is 0.467. The minimum Gasteiger partial charge on any atom is -0.362 e. The summed E-state index contributed by atoms with van der Waals surface area (Å²) in [6.07, 6.45) is 1.06. The van der Waals surface area contributed by atoms with E-state index in [-0.39, 0.29) is 11.6 Å². The highest BCUT2D eigenvalue weighted by molar-refractivity contribution is 7.14. The van der Waals surface area contributed by atoms with E-state index in [4.69, 9.17) is 0 Å². The Morgan fingerprint density at radius 1 is 1.40 bits per heavy atom. The molecule has 0 fully saturated rings. The van der Waals surface area contributed by atoms with Gasteiger partial charge in [0.1, 0.15) is 0 Å². The van der Waals surface area contributed by atoms with Crippen LogP contribution in [0, 0.1) is 6.92 Å². The van der Waals surface area contributed by atoms with Crippen molar-refractivity contribution >= 4 is 16.5 Å². The molecule has 0 bridgehead atoms. The summed E-state index contributed by atoms with van der Waals surface area (Å²) in [7, 11) is 0. The van der Waals surface area contributed by atoms with Crippen LogP contribution in [0.2, 0.25) is 0 Å². The third kappa shape index (κ3) is 2.93. The van der Waals surface area contributed by atoms with Crippen LogP contribution in [0.1, 0.15) is 38.9 Å². The fourth-order valence-electron chi connectivity index (χ4n) is 2.19. The largest absolute Gasteiger partial charge is 0.362 e. The maximum Gasteiger partial charge on any atom is 0.260 e. The lowest BCUT2D eigenvalue weighted by molar-refractivity contribution is 0.564. The molecule has 0 aliphatic heterocycles. The maximum absolute atomic E-state index is 12.6. The normalized spacial score (nSPS) is 11.1. The molecule has 0 aliphatic rings. The van der Waals surface area contributed by atoms with Gasteiger partial charge in [-0.25, -0.2) is 4.98 Å². The summed E-state index contributed by atoms with van der Waals surface area (Å²) in [5.74, 6) is 0. The molecular formula is C15H21N3OS. The van der Waals surface area contributed by atoms with E-state index >= 15 is 0 Å². The molecule has 0 saturated heterocycles. The SMILES string of the molecule is CCCNc1nc(-c2ccc(C)n(C(C)C)c2=O)cs1. The molecule has 0 unspecified atom stereocenters. The minimum absolute atomic E-state index is 0.0346. The summed E-state index contributed by atoms with van der Waals surface area (Å²) >= 11 is 1.54. The topological polar surface area (TPSA) is 46.9 Å². The first-order valence-corrected chi connectivity index (χ1v) is 7.84. The second-order valence-electron chi connectivity index (χ2n) is 5.12. The van der Waals surface area contributed by atoms with Crippen molar-refractivity contribution in [3.63, 3.8) is 0 Å². The Morgan fingerprint density at radius 2 is 2.15 bits per heavy atom. The Bertz CT molecular complexity index is 643. The van der Waals surface area contributed by atoms with Crippen LogP contribution >= 0.6 is 11.3 Å². The van der Waals surface area contributed by atoms with E-state index in [1.54, 1.807) is 11.3 Å². The van der Waals surface area contributed by atoms with Crippen LogP contribution in [0.25, 0.3) is 11.3 Å². The van der Waals surface area contributed by atoms with Gasteiger partial charge in [-0.15, -0.1) is 11.3 Å². The van der Waals surface area contributed by atoms with Gasteiger partial charge in [-0.3, -0.25) is 4.79 Å². The number of nitrogens with one attached hydrogen (secondary N) is 1. The van der Waals surface area contributed by atoms with E-state index < -0.39 is 0 Å². The van der Waals surface area contributed by atoms with Crippen molar-refractivity contribution in [1.82, 2.24) is 9.55 Å². The van der Waals surface area contributed by atoms with Gasteiger partial charge in [-0.1, -0.05) is 6.92 Å². The molecule has 4 nitrogen and oxygen atoms in total. The van der Waals surface area contributed by atoms with Gasteiger partial charge in [-0.2, -0.15) is 0 Å². The molecule has 0 spiro atoms. The van der Waals surface area contributed by atoms with Gasteiger partial charge in [0.2, 0.25) is 0 Å². The van der Waals surface area contributed by atoms with Gasteiger partial charge >= 0.3 is 0 Å². The zero-order chi connectivity index (χ0) is 14.7. The Labute approximate surface area is 123 Å². The lowest BCUT2D eigenvalue weighted by Crippen LogP contribution is -2.25. The quantitative estimate of drug-likeness (QED) is 0.914. The van der Waals surface area contributed by atoms with Crippen LogP contribution in [0.5, 0.6) is 0 Å². The summed E-state index contributed by atoms with van der Waals surface area (Å²) in [5, 5.41) is 6.06. The zero-order valence-electron chi connectivity index (χ0n) is 12.4. The molecule has 0 aliphatic carbocycles. The molecule has 0 atom stereocenters. The van der Waals surface area contributed by atoms with E-state index in [9.17, 15) is 4.79 Å². The highest BCUT2D eigenvalue weighted by Crippen LogP contribution is 2.23. The van der Waals surface area contributed by atoms with E-state index in [1.165, 1.54) is 0 Å². The molecule has 2 rings (SSSR count). The molecule has 1 N–H and O–H groups in total. The fourth-order valence-corrected chi connectivity index (χ4v) is 2.93. The van der Waals surface area contributed by atoms with E-state index in [0.29, 0.717) is 5.56 Å². The highest BCUT2D eigenvalue weighted by Gasteiger charge is 2.13. The Hall–Kier alpha value is -1.62. The lowest BCUT2D eigenvalue weighted by atomic mass is 10.2. The third-order valence-corrected chi connectivity index (χ3v) is 3.94. The summed E-state index contributed by atoms with van der Waals surface area (Å²) in [4.78, 5) is 17.1. The molecule has 0 aromatic carbocycles. The first-order chi connectivity index (χ1) is 9.54. The predicted molar refractivity (Wildman–Crippen MR) is 85.7 cm³/mol. The predicted octanol–water partition coefficient (Wildman–Crippen LogP) is 3.68. The number of nitrogens with zero attached hydrogens (tertiary/aromatic N) is 2. The van der Waals surface area contributed by atoms with Crippen molar-refractivity contribution in [2.75, 3.05) is 11.9 Å². The van der Waals surface area contributed by atoms with Crippen molar-refractivity contribution in [1.29, 1.82) is 0 Å². The highest BCUT2D eigenvalue weighted by atomic mass is 32.1. The Balaban J connectivity index is 2.41. The first kappa shape index (κ1) is 14.8. The number of aromatic nitrogens is 2. The number of hydrogen-bond donors (Lipinski definition) is 1. The molecule has 0 saturated carbocycles. The van der Waals surface area contributed by atoms with Gasteiger partial charge in [0.15, 0.2) is 5.13 Å². The molecule has 0 amide bonds. The summed E-state index contributed by atoms with van der Waals surface area (Å²) in [6.45, 7) is 9.02. The second kappa shape index (κ2) is 6.22. The average Bonchev–Trinajstić information content (AvgIpc) is 2.84. The number of anilines is 1. The van der Waals surface area contributed by atoms with Crippen molar-refractivity contribution < 1.29 is 0 Å². The van der Waals surface area contributed by atoms with Crippen molar-refractivity contribution in [2.24, 2.45) is 0 Å². The van der Waals surface area contributed by atoms with Crippen molar-refractivity contribution in [2.45, 2.75) is 40.2 Å². The first-order valence-electron chi connectivity index (χ1n) is 6.96. The standard InChI is InChI=1S/C15H21N3OS/c1-5-8-16-15-17-13(9-20-15)12-7-6-11(4)18(10(2)3)14(12)19/h6-7,9-10H,5,8H2,1-4H3,(H,16,17). The molecule has 2 aromatic heterocycles. The van der Waals surface area contributed by atoms with Crippen LogP contribution < -0.4 is 10.9 Å². The number of thiazole rings is 1. The van der Waals surface area contributed by atoms with Gasteiger partial charge in [0, 0.05) is 23.7 Å². The van der Waals surface area contributed by atoms with Crippen LogP contribution in [0.3, 0.4) is 0 Å². The summed E-state index contributed by atoms with van der Waals surface area (Å²) in [5.41, 5.74) is 2.44. The van der Waals surface area contributed by atoms with Gasteiger partial charge in [-0.05, 0) is 39.3 Å². The maximum atomic E-state index is 12.6. The smallest absolute Gasteiger partial charge is 0.260 e. The van der Waals surface area contributed by atoms with Gasteiger partial charge in [0.25, 0.3) is 5.56 Å². The minimum atomic E-state index is 0.0346. The molecule has 20 heavy (non-hydrogen) atoms. The molecule has 2 aromatic rings.